The van der Waals surface area contributed by atoms with E-state index in [4.69, 9.17) is 9.26 Å². The van der Waals surface area contributed by atoms with Crippen LogP contribution in [0.2, 0.25) is 0 Å². The summed E-state index contributed by atoms with van der Waals surface area (Å²) in [6.45, 7) is 8.28. The standard InChI is InChI=1S/C15H23O4P/c1-5-19-20(4,17)11-13-6-8-14(9-7-13)15(16)18-10-12(2)3/h6-9,12H,5,10-11H2,1-4H3. The fraction of sp³-hybridized carbons (Fsp3) is 0.533. The van der Waals surface area contributed by atoms with Crippen molar-refractivity contribution in [1.29, 1.82) is 0 Å². The molecule has 0 heterocycles. The molecule has 5 heteroatoms. The molecule has 4 nitrogen and oxygen atoms in total. The summed E-state index contributed by atoms with van der Waals surface area (Å²) in [4.78, 5) is 11.7. The van der Waals surface area contributed by atoms with Crippen molar-refractivity contribution in [3.63, 3.8) is 0 Å². The minimum Gasteiger partial charge on any atom is -0.462 e. The van der Waals surface area contributed by atoms with Gasteiger partial charge >= 0.3 is 5.97 Å². The van der Waals surface area contributed by atoms with Crippen molar-refractivity contribution < 1.29 is 18.6 Å². The average Bonchev–Trinajstić information content (AvgIpc) is 2.36. The monoisotopic (exact) mass is 298 g/mol. The predicted octanol–water partition coefficient (Wildman–Crippen LogP) is 3.94. The number of rotatable bonds is 7. The SMILES string of the molecule is CCOP(C)(=O)Cc1ccc(C(=O)OCC(C)C)cc1. The molecule has 112 valence electrons. The van der Waals surface area contributed by atoms with E-state index in [2.05, 4.69) is 0 Å². The highest BCUT2D eigenvalue weighted by Crippen LogP contribution is 2.45. The van der Waals surface area contributed by atoms with Crippen LogP contribution in [0.25, 0.3) is 0 Å². The molecule has 0 radical (unpaired) electrons. The Balaban J connectivity index is 2.64. The minimum absolute atomic E-state index is 0.315. The van der Waals surface area contributed by atoms with Crippen LogP contribution in [0.5, 0.6) is 0 Å². The second-order valence-electron chi connectivity index (χ2n) is 5.28. The highest BCUT2D eigenvalue weighted by Gasteiger charge is 2.16. The molecule has 1 atom stereocenters. The van der Waals surface area contributed by atoms with Crippen LogP contribution in [0.15, 0.2) is 24.3 Å². The van der Waals surface area contributed by atoms with E-state index >= 15 is 0 Å². The number of benzene rings is 1. The first-order chi connectivity index (χ1) is 9.34. The summed E-state index contributed by atoms with van der Waals surface area (Å²) in [6.07, 6.45) is 0.377. The van der Waals surface area contributed by atoms with Crippen molar-refractivity contribution in [2.75, 3.05) is 19.9 Å². The third-order valence-corrected chi connectivity index (χ3v) is 4.35. The molecule has 0 fully saturated rings. The van der Waals surface area contributed by atoms with E-state index < -0.39 is 7.37 Å². The molecule has 0 aliphatic rings. The van der Waals surface area contributed by atoms with Gasteiger partial charge in [0, 0.05) is 12.8 Å². The van der Waals surface area contributed by atoms with Crippen LogP contribution in [0.1, 0.15) is 36.7 Å². The van der Waals surface area contributed by atoms with Gasteiger partial charge in [0.2, 0.25) is 7.37 Å². The van der Waals surface area contributed by atoms with Gasteiger partial charge in [0.1, 0.15) is 0 Å². The van der Waals surface area contributed by atoms with Gasteiger partial charge in [-0.1, -0.05) is 26.0 Å². The van der Waals surface area contributed by atoms with Crippen LogP contribution in [0.4, 0.5) is 0 Å². The minimum atomic E-state index is -2.60. The van der Waals surface area contributed by atoms with Gasteiger partial charge in [-0.25, -0.2) is 4.79 Å². The van der Waals surface area contributed by atoms with Crippen LogP contribution in [0.3, 0.4) is 0 Å². The van der Waals surface area contributed by atoms with Gasteiger partial charge in [-0.2, -0.15) is 0 Å². The molecule has 0 N–H and O–H groups in total. The molecule has 0 aliphatic carbocycles. The largest absolute Gasteiger partial charge is 0.462 e. The smallest absolute Gasteiger partial charge is 0.338 e. The summed E-state index contributed by atoms with van der Waals surface area (Å²) >= 11 is 0. The maximum atomic E-state index is 12.1. The Bertz CT molecular complexity index is 479. The third-order valence-electron chi connectivity index (χ3n) is 2.61. The second kappa shape index (κ2) is 7.61. The van der Waals surface area contributed by atoms with Gasteiger partial charge in [0.25, 0.3) is 0 Å². The average molecular weight is 298 g/mol. The van der Waals surface area contributed by atoms with Crippen molar-refractivity contribution in [1.82, 2.24) is 0 Å². The first kappa shape index (κ1) is 16.9. The predicted molar refractivity (Wildman–Crippen MR) is 80.4 cm³/mol. The van der Waals surface area contributed by atoms with E-state index in [-0.39, 0.29) is 5.97 Å². The first-order valence-corrected chi connectivity index (χ1v) is 9.07. The molecule has 0 amide bonds. The Morgan fingerprint density at radius 1 is 1.25 bits per heavy atom. The van der Waals surface area contributed by atoms with E-state index in [0.29, 0.717) is 30.9 Å². The van der Waals surface area contributed by atoms with Crippen LogP contribution in [0, 0.1) is 5.92 Å². The van der Waals surface area contributed by atoms with E-state index in [1.807, 2.05) is 20.8 Å². The molecule has 0 aliphatic heterocycles. The summed E-state index contributed by atoms with van der Waals surface area (Å²) in [5, 5.41) is 0. The van der Waals surface area contributed by atoms with Gasteiger partial charge in [-0.15, -0.1) is 0 Å². The lowest BCUT2D eigenvalue weighted by molar-refractivity contribution is 0.0459. The summed E-state index contributed by atoms with van der Waals surface area (Å²) < 4.78 is 22.5. The van der Waals surface area contributed by atoms with Gasteiger partial charge in [0.05, 0.1) is 18.8 Å². The van der Waals surface area contributed by atoms with Crippen LogP contribution < -0.4 is 0 Å². The van der Waals surface area contributed by atoms with Crippen LogP contribution >= 0.6 is 7.37 Å². The molecule has 0 saturated carbocycles. The Kier molecular flexibility index (Phi) is 6.44. The lowest BCUT2D eigenvalue weighted by atomic mass is 10.1. The first-order valence-electron chi connectivity index (χ1n) is 6.81. The Hall–Kier alpha value is -1.12. The van der Waals surface area contributed by atoms with Crippen molar-refractivity contribution in [3.8, 4) is 0 Å². The van der Waals surface area contributed by atoms with Crippen LogP contribution in [-0.2, 0) is 20.0 Å². The molecular formula is C15H23O4P. The molecule has 0 bridgehead atoms. The van der Waals surface area contributed by atoms with Gasteiger partial charge < -0.3 is 9.26 Å². The van der Waals surface area contributed by atoms with E-state index in [0.717, 1.165) is 5.56 Å². The molecule has 1 rings (SSSR count). The Morgan fingerprint density at radius 3 is 2.35 bits per heavy atom. The highest BCUT2D eigenvalue weighted by atomic mass is 31.2. The number of carbonyl (C=O) groups excluding carboxylic acids is 1. The van der Waals surface area contributed by atoms with E-state index in [9.17, 15) is 9.36 Å². The fourth-order valence-electron chi connectivity index (χ4n) is 1.72. The lowest BCUT2D eigenvalue weighted by Crippen LogP contribution is -2.10. The molecule has 0 aromatic heterocycles. The summed E-state index contributed by atoms with van der Waals surface area (Å²) in [6, 6.07) is 6.98. The summed E-state index contributed by atoms with van der Waals surface area (Å²) in [7, 11) is -2.60. The number of carbonyl (C=O) groups is 1. The van der Waals surface area contributed by atoms with Gasteiger partial charge in [0.15, 0.2) is 0 Å². The lowest BCUT2D eigenvalue weighted by Gasteiger charge is -2.12. The number of ether oxygens (including phenoxy) is 1. The number of hydrogen-bond acceptors (Lipinski definition) is 4. The Morgan fingerprint density at radius 2 is 1.85 bits per heavy atom. The van der Waals surface area contributed by atoms with Gasteiger partial charge in [-0.3, -0.25) is 4.57 Å². The third kappa shape index (κ3) is 5.89. The Labute approximate surface area is 120 Å². The van der Waals surface area contributed by atoms with E-state index in [1.54, 1.807) is 30.9 Å². The van der Waals surface area contributed by atoms with Crippen molar-refractivity contribution in [2.24, 2.45) is 5.92 Å². The zero-order valence-corrected chi connectivity index (χ0v) is 13.5. The molecule has 0 spiro atoms. The zero-order chi connectivity index (χ0) is 15.2. The zero-order valence-electron chi connectivity index (χ0n) is 12.6. The summed E-state index contributed by atoms with van der Waals surface area (Å²) in [5.41, 5.74) is 1.40. The van der Waals surface area contributed by atoms with Crippen LogP contribution in [-0.4, -0.2) is 25.8 Å². The van der Waals surface area contributed by atoms with Crippen molar-refractivity contribution in [3.05, 3.63) is 35.4 Å². The normalized spacial score (nSPS) is 14.1. The highest BCUT2D eigenvalue weighted by molar-refractivity contribution is 7.57. The number of esters is 1. The quantitative estimate of drug-likeness (QED) is 0.565. The van der Waals surface area contributed by atoms with Crippen molar-refractivity contribution >= 4 is 13.3 Å². The van der Waals surface area contributed by atoms with E-state index in [1.165, 1.54) is 0 Å². The summed E-state index contributed by atoms with van der Waals surface area (Å²) in [5.74, 6) is -0.00914. The second-order valence-corrected chi connectivity index (χ2v) is 7.88. The van der Waals surface area contributed by atoms with Gasteiger partial charge in [-0.05, 0) is 30.5 Å². The molecule has 1 aromatic carbocycles. The molecule has 1 aromatic rings. The molecular weight excluding hydrogens is 275 g/mol. The molecule has 20 heavy (non-hydrogen) atoms. The fourth-order valence-corrected chi connectivity index (χ4v) is 3.23. The molecule has 0 saturated heterocycles. The number of hydrogen-bond donors (Lipinski definition) is 0. The maximum Gasteiger partial charge on any atom is 0.338 e. The van der Waals surface area contributed by atoms with Crippen molar-refractivity contribution in [2.45, 2.75) is 26.9 Å². The topological polar surface area (TPSA) is 52.6 Å². The molecule has 1 unspecified atom stereocenters. The maximum absolute atomic E-state index is 12.1.